The summed E-state index contributed by atoms with van der Waals surface area (Å²) in [6.07, 6.45) is 1.04. The van der Waals surface area contributed by atoms with Gasteiger partial charge in [-0.15, -0.1) is 10.2 Å². The van der Waals surface area contributed by atoms with Crippen LogP contribution in [0.15, 0.2) is 35.5 Å². The normalized spacial score (nSPS) is 11.3. The summed E-state index contributed by atoms with van der Waals surface area (Å²) in [4.78, 5) is 2.18. The highest BCUT2D eigenvalue weighted by molar-refractivity contribution is 7.99. The Morgan fingerprint density at radius 1 is 0.886 bits per heavy atom. The molecule has 9 heteroatoms. The molecule has 8 nitrogen and oxygen atoms in total. The summed E-state index contributed by atoms with van der Waals surface area (Å²) in [5.41, 5.74) is 2.73. The number of hydrogen-bond acceptors (Lipinski definition) is 8. The summed E-state index contributed by atoms with van der Waals surface area (Å²) < 4.78 is 24.8. The second-order valence-corrected chi connectivity index (χ2v) is 9.67. The first-order chi connectivity index (χ1) is 16.9. The molecule has 0 atom stereocenters. The fraction of sp³-hybridized carbons (Fsp3) is 0.462. The van der Waals surface area contributed by atoms with Crippen molar-refractivity contribution in [3.05, 3.63) is 35.9 Å². The lowest BCUT2D eigenvalue weighted by Crippen LogP contribution is -2.13. The van der Waals surface area contributed by atoms with Crippen LogP contribution in [0.25, 0.3) is 17.1 Å². The Morgan fingerprint density at radius 2 is 1.54 bits per heavy atom. The van der Waals surface area contributed by atoms with Gasteiger partial charge in [0.1, 0.15) is 5.75 Å². The van der Waals surface area contributed by atoms with Crippen molar-refractivity contribution in [1.29, 1.82) is 0 Å². The van der Waals surface area contributed by atoms with Gasteiger partial charge in [0.2, 0.25) is 5.75 Å². The monoisotopic (exact) mass is 500 g/mol. The molecule has 3 rings (SSSR count). The standard InChI is InChI=1S/C26H36N4O4S/c1-17(2)20-16-21(23(33-7)24(34-8)22(20)32-6)25-27-28-26(35-15-9-14-29(3)4)30(25)18-10-12-19(31-5)13-11-18/h10-13,16-17H,9,14-15H2,1-8H3. The largest absolute Gasteiger partial charge is 0.497 e. The van der Waals surface area contributed by atoms with E-state index in [-0.39, 0.29) is 5.92 Å². The number of benzene rings is 2. The van der Waals surface area contributed by atoms with Gasteiger partial charge < -0.3 is 23.8 Å². The molecule has 0 unspecified atom stereocenters. The number of rotatable bonds is 12. The van der Waals surface area contributed by atoms with Gasteiger partial charge in [0.25, 0.3) is 0 Å². The molecule has 0 saturated carbocycles. The van der Waals surface area contributed by atoms with Crippen LogP contribution in [-0.2, 0) is 0 Å². The molecule has 35 heavy (non-hydrogen) atoms. The SMILES string of the molecule is COc1ccc(-n2c(SCCCN(C)C)nnc2-c2cc(C(C)C)c(OC)c(OC)c2OC)cc1. The second kappa shape index (κ2) is 12.2. The summed E-state index contributed by atoms with van der Waals surface area (Å²) >= 11 is 1.69. The van der Waals surface area contributed by atoms with Gasteiger partial charge in [0.05, 0.1) is 39.7 Å². The predicted molar refractivity (Wildman–Crippen MR) is 141 cm³/mol. The maximum Gasteiger partial charge on any atom is 0.204 e. The third-order valence-electron chi connectivity index (χ3n) is 5.64. The van der Waals surface area contributed by atoms with Gasteiger partial charge in [-0.05, 0) is 63.3 Å². The predicted octanol–water partition coefficient (Wildman–Crippen LogP) is 5.14. The molecule has 0 aliphatic heterocycles. The zero-order valence-electron chi connectivity index (χ0n) is 21.9. The van der Waals surface area contributed by atoms with Gasteiger partial charge in [-0.2, -0.15) is 0 Å². The van der Waals surface area contributed by atoms with E-state index in [9.17, 15) is 0 Å². The van der Waals surface area contributed by atoms with Gasteiger partial charge in [-0.3, -0.25) is 4.57 Å². The minimum Gasteiger partial charge on any atom is -0.497 e. The lowest BCUT2D eigenvalue weighted by molar-refractivity contribution is 0.322. The Kier molecular flexibility index (Phi) is 9.28. The molecule has 0 fully saturated rings. The van der Waals surface area contributed by atoms with Crippen molar-refractivity contribution >= 4 is 11.8 Å². The van der Waals surface area contributed by atoms with Gasteiger partial charge in [-0.1, -0.05) is 25.6 Å². The first-order valence-corrected chi connectivity index (χ1v) is 12.5. The molecule has 0 amide bonds. The molecule has 0 aliphatic carbocycles. The van der Waals surface area contributed by atoms with Gasteiger partial charge >= 0.3 is 0 Å². The fourth-order valence-corrected chi connectivity index (χ4v) is 4.76. The fourth-order valence-electron chi connectivity index (χ4n) is 3.88. The van der Waals surface area contributed by atoms with Crippen LogP contribution in [0.4, 0.5) is 0 Å². The zero-order valence-corrected chi connectivity index (χ0v) is 22.7. The molecule has 0 N–H and O–H groups in total. The van der Waals surface area contributed by atoms with E-state index >= 15 is 0 Å². The quantitative estimate of drug-likeness (QED) is 0.250. The Balaban J connectivity index is 2.21. The van der Waals surface area contributed by atoms with Crippen LogP contribution >= 0.6 is 11.8 Å². The number of ether oxygens (including phenoxy) is 4. The number of aromatic nitrogens is 3. The molecule has 0 spiro atoms. The lowest BCUT2D eigenvalue weighted by atomic mass is 9.97. The maximum absolute atomic E-state index is 5.84. The summed E-state index contributed by atoms with van der Waals surface area (Å²) in [5, 5.41) is 10.0. The third kappa shape index (κ3) is 5.85. The van der Waals surface area contributed by atoms with Crippen molar-refractivity contribution in [3.8, 4) is 40.1 Å². The van der Waals surface area contributed by atoms with E-state index in [1.165, 1.54) is 0 Å². The van der Waals surface area contributed by atoms with E-state index < -0.39 is 0 Å². The summed E-state index contributed by atoms with van der Waals surface area (Å²) in [5.74, 6) is 4.34. The van der Waals surface area contributed by atoms with E-state index in [0.29, 0.717) is 23.1 Å². The third-order valence-corrected chi connectivity index (χ3v) is 6.65. The molecule has 0 aliphatic rings. The smallest absolute Gasteiger partial charge is 0.204 e. The number of thioether (sulfide) groups is 1. The average molecular weight is 501 g/mol. The highest BCUT2D eigenvalue weighted by Gasteiger charge is 2.27. The maximum atomic E-state index is 5.84. The van der Waals surface area contributed by atoms with Crippen LogP contribution in [0.1, 0.15) is 31.7 Å². The average Bonchev–Trinajstić information content (AvgIpc) is 3.28. The van der Waals surface area contributed by atoms with Gasteiger partial charge in [0.15, 0.2) is 22.5 Å². The second-order valence-electron chi connectivity index (χ2n) is 8.61. The van der Waals surface area contributed by atoms with Crippen molar-refractivity contribution in [2.45, 2.75) is 31.3 Å². The van der Waals surface area contributed by atoms with Crippen LogP contribution in [0, 0.1) is 0 Å². The van der Waals surface area contributed by atoms with Crippen molar-refractivity contribution in [1.82, 2.24) is 19.7 Å². The highest BCUT2D eigenvalue weighted by Crippen LogP contribution is 2.49. The number of hydrogen-bond donors (Lipinski definition) is 0. The number of nitrogens with zero attached hydrogens (tertiary/aromatic N) is 4. The van der Waals surface area contributed by atoms with E-state index in [1.807, 2.05) is 24.3 Å². The van der Waals surface area contributed by atoms with Gasteiger partial charge in [-0.25, -0.2) is 0 Å². The van der Waals surface area contributed by atoms with Crippen molar-refractivity contribution in [2.24, 2.45) is 0 Å². The highest BCUT2D eigenvalue weighted by atomic mass is 32.2. The molecule has 190 valence electrons. The molecule has 0 saturated heterocycles. The van der Waals surface area contributed by atoms with Crippen LogP contribution in [0.3, 0.4) is 0 Å². The summed E-state index contributed by atoms with van der Waals surface area (Å²) in [7, 11) is 10.7. The van der Waals surface area contributed by atoms with Crippen LogP contribution in [-0.4, -0.2) is 74.5 Å². The minimum absolute atomic E-state index is 0.195. The first kappa shape index (κ1) is 26.7. The Hall–Kier alpha value is -2.91. The molecule has 2 aromatic carbocycles. The molecule has 1 aromatic heterocycles. The molecule has 3 aromatic rings. The summed E-state index contributed by atoms with van der Waals surface area (Å²) in [6.45, 7) is 5.25. The molecular formula is C26H36N4O4S. The lowest BCUT2D eigenvalue weighted by Gasteiger charge is -2.21. The topological polar surface area (TPSA) is 70.9 Å². The zero-order chi connectivity index (χ0) is 25.5. The molecular weight excluding hydrogens is 464 g/mol. The van der Waals surface area contributed by atoms with Crippen LogP contribution in [0.2, 0.25) is 0 Å². The van der Waals surface area contributed by atoms with E-state index in [4.69, 9.17) is 18.9 Å². The van der Waals surface area contributed by atoms with Crippen LogP contribution in [0.5, 0.6) is 23.0 Å². The van der Waals surface area contributed by atoms with Crippen molar-refractivity contribution in [3.63, 3.8) is 0 Å². The molecule has 1 heterocycles. The Bertz CT molecular complexity index is 1110. The molecule has 0 radical (unpaired) electrons. The van der Waals surface area contributed by atoms with Gasteiger partial charge in [0, 0.05) is 11.3 Å². The van der Waals surface area contributed by atoms with Crippen molar-refractivity contribution < 1.29 is 18.9 Å². The summed E-state index contributed by atoms with van der Waals surface area (Å²) in [6, 6.07) is 9.95. The Morgan fingerprint density at radius 3 is 2.09 bits per heavy atom. The minimum atomic E-state index is 0.195. The van der Waals surface area contributed by atoms with Crippen molar-refractivity contribution in [2.75, 3.05) is 54.8 Å². The first-order valence-electron chi connectivity index (χ1n) is 11.6. The van der Waals surface area contributed by atoms with Crippen LogP contribution < -0.4 is 18.9 Å². The van der Waals surface area contributed by atoms with E-state index in [2.05, 4.69) is 53.7 Å². The molecule has 0 bridgehead atoms. The number of methoxy groups -OCH3 is 4. The Labute approximate surface area is 212 Å². The van der Waals surface area contributed by atoms with E-state index in [1.54, 1.807) is 40.2 Å². The van der Waals surface area contributed by atoms with E-state index in [0.717, 1.165) is 46.4 Å².